The van der Waals surface area contributed by atoms with E-state index in [9.17, 15) is 18.0 Å². The van der Waals surface area contributed by atoms with Crippen molar-refractivity contribution < 1.29 is 18.0 Å². The minimum absolute atomic E-state index is 0.0433. The van der Waals surface area contributed by atoms with Crippen LogP contribution in [-0.2, 0) is 11.0 Å². The molecule has 4 nitrogen and oxygen atoms in total. The Morgan fingerprint density at radius 2 is 2.07 bits per heavy atom. The molecule has 3 rings (SSSR count). The van der Waals surface area contributed by atoms with Crippen molar-refractivity contribution in [3.63, 3.8) is 0 Å². The Balaban J connectivity index is 1.60. The number of aromatic nitrogens is 1. The molecule has 0 aliphatic carbocycles. The Morgan fingerprint density at radius 3 is 2.70 bits per heavy atom. The molecule has 1 amide bonds. The molecule has 1 aliphatic rings. The van der Waals surface area contributed by atoms with Gasteiger partial charge in [-0.2, -0.15) is 13.2 Å². The first-order valence-corrected chi connectivity index (χ1v) is 8.70. The molecule has 2 aromatic rings. The van der Waals surface area contributed by atoms with Gasteiger partial charge < -0.3 is 5.32 Å². The number of hydrogen-bond acceptors (Lipinski definition) is 3. The lowest BCUT2D eigenvalue weighted by molar-refractivity contribution is -0.137. The van der Waals surface area contributed by atoms with E-state index >= 15 is 0 Å². The van der Waals surface area contributed by atoms with Crippen LogP contribution < -0.4 is 5.32 Å². The second-order valence-electron chi connectivity index (χ2n) is 6.17. The van der Waals surface area contributed by atoms with Crippen LogP contribution in [0.5, 0.6) is 0 Å². The zero-order valence-electron chi connectivity index (χ0n) is 14.3. The van der Waals surface area contributed by atoms with Crippen LogP contribution in [0.25, 0.3) is 5.57 Å². The van der Waals surface area contributed by atoms with Crippen molar-refractivity contribution in [2.45, 2.75) is 12.6 Å². The molecule has 8 heteroatoms. The first kappa shape index (κ1) is 19.4. The van der Waals surface area contributed by atoms with Crippen molar-refractivity contribution in [2.24, 2.45) is 0 Å². The molecule has 1 aromatic carbocycles. The fraction of sp³-hybridized carbons (Fsp3) is 0.263. The summed E-state index contributed by atoms with van der Waals surface area (Å²) in [6, 6.07) is 8.55. The number of anilines is 1. The average Bonchev–Trinajstić information content (AvgIpc) is 2.64. The van der Waals surface area contributed by atoms with Crippen LogP contribution in [-0.4, -0.2) is 35.4 Å². The van der Waals surface area contributed by atoms with E-state index in [1.807, 2.05) is 29.2 Å². The van der Waals surface area contributed by atoms with Crippen LogP contribution in [0.4, 0.5) is 18.9 Å². The van der Waals surface area contributed by atoms with Crippen molar-refractivity contribution >= 4 is 28.8 Å². The molecule has 2 heterocycles. The van der Waals surface area contributed by atoms with Gasteiger partial charge in [0.1, 0.15) is 0 Å². The van der Waals surface area contributed by atoms with Crippen LogP contribution in [0.15, 0.2) is 48.7 Å². The van der Waals surface area contributed by atoms with Gasteiger partial charge in [0.05, 0.1) is 28.5 Å². The Morgan fingerprint density at radius 1 is 1.26 bits per heavy atom. The SMILES string of the molecule is O=C(CN1CC=C(c2ccccn2)CC1)Nc1cc(C(F)(F)F)ccc1Cl. The van der Waals surface area contributed by atoms with Gasteiger partial charge in [0.2, 0.25) is 5.91 Å². The van der Waals surface area contributed by atoms with Gasteiger partial charge in [0.25, 0.3) is 0 Å². The molecule has 27 heavy (non-hydrogen) atoms. The molecule has 142 valence electrons. The van der Waals surface area contributed by atoms with Crippen molar-refractivity contribution in [3.05, 3.63) is 65.0 Å². The second kappa shape index (κ2) is 8.10. The van der Waals surface area contributed by atoms with Crippen LogP contribution >= 0.6 is 11.6 Å². The van der Waals surface area contributed by atoms with E-state index in [2.05, 4.69) is 10.3 Å². The Bertz CT molecular complexity index is 853. The minimum atomic E-state index is -4.50. The van der Waals surface area contributed by atoms with Gasteiger partial charge >= 0.3 is 6.18 Å². The number of benzene rings is 1. The lowest BCUT2D eigenvalue weighted by Crippen LogP contribution is -2.36. The first-order chi connectivity index (χ1) is 12.8. The molecule has 0 spiro atoms. The number of rotatable bonds is 4. The third-order valence-electron chi connectivity index (χ3n) is 4.22. The molecule has 0 saturated carbocycles. The second-order valence-corrected chi connectivity index (χ2v) is 6.58. The third kappa shape index (κ3) is 5.08. The number of nitrogens with one attached hydrogen (secondary N) is 1. The normalized spacial score (nSPS) is 15.3. The van der Waals surface area contributed by atoms with Crippen molar-refractivity contribution in [1.82, 2.24) is 9.88 Å². The molecule has 0 radical (unpaired) electrons. The van der Waals surface area contributed by atoms with Crippen LogP contribution in [0.1, 0.15) is 17.7 Å². The van der Waals surface area contributed by atoms with Crippen molar-refractivity contribution in [3.8, 4) is 0 Å². The smallest absolute Gasteiger partial charge is 0.324 e. The average molecular weight is 396 g/mol. The van der Waals surface area contributed by atoms with E-state index in [4.69, 9.17) is 11.6 Å². The molecule has 0 fully saturated rings. The summed E-state index contributed by atoms with van der Waals surface area (Å²) >= 11 is 5.91. The molecule has 0 saturated heterocycles. The Hall–Kier alpha value is -2.38. The van der Waals surface area contributed by atoms with E-state index in [0.29, 0.717) is 13.1 Å². The lowest BCUT2D eigenvalue weighted by Gasteiger charge is -2.25. The summed E-state index contributed by atoms with van der Waals surface area (Å²) in [5.74, 6) is -0.411. The van der Waals surface area contributed by atoms with Gasteiger partial charge in [-0.05, 0) is 42.3 Å². The summed E-state index contributed by atoms with van der Waals surface area (Å²) in [6.45, 7) is 1.29. The highest BCUT2D eigenvalue weighted by Crippen LogP contribution is 2.33. The van der Waals surface area contributed by atoms with E-state index < -0.39 is 17.6 Å². The minimum Gasteiger partial charge on any atom is -0.324 e. The largest absolute Gasteiger partial charge is 0.416 e. The predicted molar refractivity (Wildman–Crippen MR) is 98.4 cm³/mol. The first-order valence-electron chi connectivity index (χ1n) is 8.32. The zero-order valence-corrected chi connectivity index (χ0v) is 15.0. The van der Waals surface area contributed by atoms with Gasteiger partial charge in [-0.15, -0.1) is 0 Å². The summed E-state index contributed by atoms with van der Waals surface area (Å²) < 4.78 is 38.4. The predicted octanol–water partition coefficient (Wildman–Crippen LogP) is 4.48. The molecular formula is C19H17ClF3N3O. The summed E-state index contributed by atoms with van der Waals surface area (Å²) in [7, 11) is 0. The maximum absolute atomic E-state index is 12.8. The fourth-order valence-corrected chi connectivity index (χ4v) is 3.00. The summed E-state index contributed by atoms with van der Waals surface area (Å²) in [5.41, 5.74) is 1.13. The highest BCUT2D eigenvalue weighted by molar-refractivity contribution is 6.33. The van der Waals surface area contributed by atoms with Gasteiger partial charge in [0.15, 0.2) is 0 Å². The lowest BCUT2D eigenvalue weighted by atomic mass is 10.0. The summed E-state index contributed by atoms with van der Waals surface area (Å²) in [4.78, 5) is 18.4. The van der Waals surface area contributed by atoms with E-state index in [1.54, 1.807) is 6.20 Å². The highest BCUT2D eigenvalue weighted by Gasteiger charge is 2.31. The van der Waals surface area contributed by atoms with Gasteiger partial charge in [0, 0.05) is 19.3 Å². The van der Waals surface area contributed by atoms with E-state index in [1.165, 1.54) is 0 Å². The van der Waals surface area contributed by atoms with Crippen LogP contribution in [0, 0.1) is 0 Å². The zero-order chi connectivity index (χ0) is 19.4. The quantitative estimate of drug-likeness (QED) is 0.830. The molecule has 0 atom stereocenters. The van der Waals surface area contributed by atoms with Crippen molar-refractivity contribution in [2.75, 3.05) is 25.0 Å². The van der Waals surface area contributed by atoms with E-state index in [-0.39, 0.29) is 17.3 Å². The van der Waals surface area contributed by atoms with E-state index in [0.717, 1.165) is 35.9 Å². The standard InChI is InChI=1S/C19H17ClF3N3O/c20-15-5-4-14(19(21,22)23)11-17(15)25-18(27)12-26-9-6-13(7-10-26)16-3-1-2-8-24-16/h1-6,8,11H,7,9-10,12H2,(H,25,27). The van der Waals surface area contributed by atoms with Gasteiger partial charge in [-0.25, -0.2) is 0 Å². The number of carbonyl (C=O) groups excluding carboxylic acids is 1. The Kier molecular flexibility index (Phi) is 5.82. The number of hydrogen-bond donors (Lipinski definition) is 1. The number of alkyl halides is 3. The number of nitrogens with zero attached hydrogens (tertiary/aromatic N) is 2. The number of halogens is 4. The number of pyridine rings is 1. The molecule has 1 aliphatic heterocycles. The number of carbonyl (C=O) groups is 1. The van der Waals surface area contributed by atoms with Crippen LogP contribution in [0.2, 0.25) is 5.02 Å². The molecular weight excluding hydrogens is 379 g/mol. The molecule has 0 unspecified atom stereocenters. The van der Waals surface area contributed by atoms with Gasteiger partial charge in [-0.3, -0.25) is 14.7 Å². The molecule has 1 N–H and O–H groups in total. The molecule has 0 bridgehead atoms. The Labute approximate surface area is 159 Å². The topological polar surface area (TPSA) is 45.2 Å². The monoisotopic (exact) mass is 395 g/mol. The summed E-state index contributed by atoms with van der Waals surface area (Å²) in [6.07, 6.45) is -0.0105. The third-order valence-corrected chi connectivity index (χ3v) is 4.55. The highest BCUT2D eigenvalue weighted by atomic mass is 35.5. The summed E-state index contributed by atoms with van der Waals surface area (Å²) in [5, 5.41) is 2.53. The maximum Gasteiger partial charge on any atom is 0.416 e. The van der Waals surface area contributed by atoms with Crippen LogP contribution in [0.3, 0.4) is 0 Å². The number of amides is 1. The van der Waals surface area contributed by atoms with Crippen molar-refractivity contribution in [1.29, 1.82) is 0 Å². The maximum atomic E-state index is 12.8. The molecule has 1 aromatic heterocycles. The van der Waals surface area contributed by atoms with Gasteiger partial charge in [-0.1, -0.05) is 23.7 Å². The fourth-order valence-electron chi connectivity index (χ4n) is 2.83.